The predicted molar refractivity (Wildman–Crippen MR) is 130 cm³/mol. The minimum atomic E-state index is -0.278. The Labute approximate surface area is 198 Å². The van der Waals surface area contributed by atoms with Crippen molar-refractivity contribution < 1.29 is 9.32 Å². The molecule has 1 amide bonds. The number of hydrogen-bond acceptors (Lipinski definition) is 9. The van der Waals surface area contributed by atoms with Gasteiger partial charge in [-0.15, -0.1) is 22.7 Å². The van der Waals surface area contributed by atoms with Crippen molar-refractivity contribution >= 4 is 44.6 Å². The maximum absolute atomic E-state index is 12.8. The van der Waals surface area contributed by atoms with Gasteiger partial charge in [-0.1, -0.05) is 11.2 Å². The van der Waals surface area contributed by atoms with E-state index in [2.05, 4.69) is 25.3 Å². The van der Waals surface area contributed by atoms with Crippen LogP contribution in [0.15, 0.2) is 38.3 Å². The van der Waals surface area contributed by atoms with Crippen LogP contribution >= 0.6 is 22.7 Å². The minimum Gasteiger partial charge on any atom is -0.360 e. The molecule has 1 fully saturated rings. The number of hydrogen-bond donors (Lipinski definition) is 2. The van der Waals surface area contributed by atoms with E-state index >= 15 is 0 Å². The molecule has 1 atom stereocenters. The Morgan fingerprint density at radius 1 is 1.30 bits per heavy atom. The van der Waals surface area contributed by atoms with Gasteiger partial charge in [-0.05, 0) is 25.3 Å². The van der Waals surface area contributed by atoms with E-state index in [-0.39, 0.29) is 17.5 Å². The summed E-state index contributed by atoms with van der Waals surface area (Å²) in [4.78, 5) is 39.3. The van der Waals surface area contributed by atoms with Crippen molar-refractivity contribution in [2.24, 2.45) is 0 Å². The van der Waals surface area contributed by atoms with Gasteiger partial charge in [0.15, 0.2) is 5.82 Å². The van der Waals surface area contributed by atoms with Gasteiger partial charge in [0.05, 0.1) is 18.0 Å². The molecule has 1 saturated heterocycles. The highest BCUT2D eigenvalue weighted by molar-refractivity contribution is 7.18. The lowest BCUT2D eigenvalue weighted by atomic mass is 10.2. The van der Waals surface area contributed by atoms with Gasteiger partial charge in [0.1, 0.15) is 16.4 Å². The molecule has 1 aliphatic rings. The third-order valence-electron chi connectivity index (χ3n) is 5.87. The van der Waals surface area contributed by atoms with E-state index in [1.165, 1.54) is 11.3 Å². The Morgan fingerprint density at radius 3 is 2.82 bits per heavy atom. The average Bonchev–Trinajstić information content (AvgIpc) is 3.55. The number of thiophene rings is 2. The van der Waals surface area contributed by atoms with E-state index in [1.54, 1.807) is 24.3 Å². The largest absolute Gasteiger partial charge is 0.360 e. The second-order valence-corrected chi connectivity index (χ2v) is 9.93. The maximum atomic E-state index is 12.8. The van der Waals surface area contributed by atoms with Crippen molar-refractivity contribution in [3.05, 3.63) is 50.9 Å². The molecule has 5 rings (SSSR count). The van der Waals surface area contributed by atoms with Crippen molar-refractivity contribution in [1.82, 2.24) is 24.9 Å². The van der Waals surface area contributed by atoms with Gasteiger partial charge in [-0.25, -0.2) is 4.98 Å². The fraction of sp³-hybridized carbons (Fsp3) is 0.364. The first-order valence-electron chi connectivity index (χ1n) is 10.7. The van der Waals surface area contributed by atoms with Crippen LogP contribution in [-0.4, -0.2) is 63.1 Å². The number of H-pyrrole nitrogens is 1. The molecule has 4 aromatic heterocycles. The second-order valence-electron chi connectivity index (χ2n) is 8.12. The SMILES string of the molecule is Cc1cc(NC(=O)[C@H](C)N2CCN(Cc3nc4scc(-c5cccs5)c4c(=O)[nH]3)CC2)no1. The van der Waals surface area contributed by atoms with E-state index < -0.39 is 0 Å². The van der Waals surface area contributed by atoms with E-state index in [0.717, 1.165) is 41.5 Å². The Kier molecular flexibility index (Phi) is 6.11. The summed E-state index contributed by atoms with van der Waals surface area (Å²) in [5.41, 5.74) is 0.860. The lowest BCUT2D eigenvalue weighted by Gasteiger charge is -2.37. The summed E-state index contributed by atoms with van der Waals surface area (Å²) in [6.07, 6.45) is 0. The third kappa shape index (κ3) is 4.62. The Balaban J connectivity index is 1.20. The Morgan fingerprint density at radius 2 is 2.12 bits per heavy atom. The molecule has 0 aromatic carbocycles. The number of nitrogens with zero attached hydrogens (tertiary/aromatic N) is 4. The normalized spacial score (nSPS) is 16.3. The van der Waals surface area contributed by atoms with Crippen LogP contribution in [0.2, 0.25) is 0 Å². The molecule has 0 radical (unpaired) electrons. The first kappa shape index (κ1) is 22.0. The molecule has 9 nitrogen and oxygen atoms in total. The molecule has 0 spiro atoms. The summed E-state index contributed by atoms with van der Waals surface area (Å²) >= 11 is 3.12. The van der Waals surface area contributed by atoms with E-state index in [0.29, 0.717) is 29.3 Å². The highest BCUT2D eigenvalue weighted by atomic mass is 32.1. The molecule has 4 aromatic rings. The molecule has 0 unspecified atom stereocenters. The second kappa shape index (κ2) is 9.18. The number of aryl methyl sites for hydroxylation is 1. The summed E-state index contributed by atoms with van der Waals surface area (Å²) < 4.78 is 5.00. The fourth-order valence-electron chi connectivity index (χ4n) is 4.02. The monoisotopic (exact) mass is 484 g/mol. The van der Waals surface area contributed by atoms with E-state index in [1.807, 2.05) is 29.8 Å². The van der Waals surface area contributed by atoms with Crippen molar-refractivity contribution in [2.75, 3.05) is 31.5 Å². The summed E-state index contributed by atoms with van der Waals surface area (Å²) in [7, 11) is 0. The van der Waals surface area contributed by atoms with Gasteiger partial charge in [0.2, 0.25) is 5.91 Å². The first-order chi connectivity index (χ1) is 16.0. The van der Waals surface area contributed by atoms with Gasteiger partial charge in [0.25, 0.3) is 5.56 Å². The molecule has 0 saturated carbocycles. The van der Waals surface area contributed by atoms with Crippen LogP contribution in [0.3, 0.4) is 0 Å². The predicted octanol–water partition coefficient (Wildman–Crippen LogP) is 3.15. The molecule has 0 aliphatic carbocycles. The molecule has 33 heavy (non-hydrogen) atoms. The van der Waals surface area contributed by atoms with E-state index in [4.69, 9.17) is 9.51 Å². The number of carbonyl (C=O) groups is 1. The summed E-state index contributed by atoms with van der Waals surface area (Å²) in [5.74, 6) is 1.66. The maximum Gasteiger partial charge on any atom is 0.260 e. The summed E-state index contributed by atoms with van der Waals surface area (Å²) in [5, 5.41) is 11.3. The molecular weight excluding hydrogens is 460 g/mol. The zero-order chi connectivity index (χ0) is 22.9. The molecule has 2 N–H and O–H groups in total. The first-order valence-corrected chi connectivity index (χ1v) is 12.5. The Hall–Kier alpha value is -2.86. The zero-order valence-electron chi connectivity index (χ0n) is 18.3. The van der Waals surface area contributed by atoms with Crippen molar-refractivity contribution in [3.8, 4) is 10.4 Å². The molecule has 11 heteroatoms. The summed E-state index contributed by atoms with van der Waals surface area (Å²) in [6.45, 7) is 7.32. The summed E-state index contributed by atoms with van der Waals surface area (Å²) in [6, 6.07) is 5.43. The molecule has 0 bridgehead atoms. The van der Waals surface area contributed by atoms with Gasteiger partial charge in [0, 0.05) is 48.1 Å². The van der Waals surface area contributed by atoms with Gasteiger partial charge < -0.3 is 14.8 Å². The topological polar surface area (TPSA) is 107 Å². The third-order valence-corrected chi connectivity index (χ3v) is 7.64. The number of carbonyl (C=O) groups excluding carboxylic acids is 1. The van der Waals surface area contributed by atoms with Crippen molar-refractivity contribution in [3.63, 3.8) is 0 Å². The van der Waals surface area contributed by atoms with Crippen LogP contribution in [0, 0.1) is 6.92 Å². The number of piperazine rings is 1. The smallest absolute Gasteiger partial charge is 0.260 e. The van der Waals surface area contributed by atoms with Gasteiger partial charge in [-0.3, -0.25) is 19.4 Å². The Bertz CT molecular complexity index is 1320. The van der Waals surface area contributed by atoms with Crippen LogP contribution in [0.5, 0.6) is 0 Å². The lowest BCUT2D eigenvalue weighted by Crippen LogP contribution is -2.52. The van der Waals surface area contributed by atoms with E-state index in [9.17, 15) is 9.59 Å². The van der Waals surface area contributed by atoms with Crippen LogP contribution in [-0.2, 0) is 11.3 Å². The van der Waals surface area contributed by atoms with Crippen LogP contribution in [0.1, 0.15) is 18.5 Å². The quantitative estimate of drug-likeness (QED) is 0.433. The number of rotatable bonds is 6. The molecule has 1 aliphatic heterocycles. The van der Waals surface area contributed by atoms with Crippen molar-refractivity contribution in [2.45, 2.75) is 26.4 Å². The number of nitrogens with one attached hydrogen (secondary N) is 2. The minimum absolute atomic E-state index is 0.0910. The molecular formula is C22H24N6O3S2. The van der Waals surface area contributed by atoms with Gasteiger partial charge >= 0.3 is 0 Å². The number of amides is 1. The van der Waals surface area contributed by atoms with Crippen LogP contribution in [0.25, 0.3) is 20.7 Å². The highest BCUT2D eigenvalue weighted by Crippen LogP contribution is 2.33. The number of aromatic amines is 1. The standard InChI is InChI=1S/C22H24N6O3S2/c1-13-10-17(26-31-13)23-20(29)14(2)28-7-5-27(6-8-28)11-18-24-21(30)19-15(12-33-22(19)25-18)16-4-3-9-32-16/h3-4,9-10,12,14H,5-8,11H2,1-2H3,(H,23,26,29)(H,24,25,30)/t14-/m0/s1. The number of anilines is 1. The average molecular weight is 485 g/mol. The fourth-order valence-corrected chi connectivity index (χ4v) is 5.81. The van der Waals surface area contributed by atoms with Crippen LogP contribution in [0.4, 0.5) is 5.82 Å². The van der Waals surface area contributed by atoms with Crippen molar-refractivity contribution in [1.29, 1.82) is 0 Å². The van der Waals surface area contributed by atoms with Gasteiger partial charge in [-0.2, -0.15) is 0 Å². The lowest BCUT2D eigenvalue weighted by molar-refractivity contribution is -0.121. The van der Waals surface area contributed by atoms with Crippen LogP contribution < -0.4 is 10.9 Å². The zero-order valence-corrected chi connectivity index (χ0v) is 20.0. The highest BCUT2D eigenvalue weighted by Gasteiger charge is 2.26. The molecule has 5 heterocycles. The number of fused-ring (bicyclic) bond motifs is 1. The number of aromatic nitrogens is 3. The molecule has 172 valence electrons.